The molecule has 136 valence electrons. The first kappa shape index (κ1) is 18.9. The van der Waals surface area contributed by atoms with E-state index in [0.717, 1.165) is 0 Å². The van der Waals surface area contributed by atoms with Crippen molar-refractivity contribution < 1.29 is 14.4 Å². The van der Waals surface area contributed by atoms with Gasteiger partial charge in [-0.3, -0.25) is 24.2 Å². The number of hydrogen-bond acceptors (Lipinski definition) is 4. The lowest BCUT2D eigenvalue weighted by atomic mass is 10.1. The van der Waals surface area contributed by atoms with E-state index in [9.17, 15) is 14.4 Å². The first-order valence-corrected chi connectivity index (χ1v) is 8.30. The molecular weight excluding hydrogens is 320 g/mol. The van der Waals surface area contributed by atoms with E-state index in [1.54, 1.807) is 37.1 Å². The fourth-order valence-corrected chi connectivity index (χ4v) is 2.67. The molecule has 1 aliphatic heterocycles. The van der Waals surface area contributed by atoms with Gasteiger partial charge in [-0.2, -0.15) is 0 Å². The second kappa shape index (κ2) is 7.23. The molecule has 2 N–H and O–H groups in total. The molecule has 1 aromatic carbocycles. The Hall–Kier alpha value is -2.41. The quantitative estimate of drug-likeness (QED) is 0.858. The molecule has 0 aliphatic carbocycles. The Morgan fingerprint density at radius 1 is 1.32 bits per heavy atom. The van der Waals surface area contributed by atoms with Crippen molar-refractivity contribution in [2.24, 2.45) is 0 Å². The zero-order chi connectivity index (χ0) is 18.8. The molecule has 7 heteroatoms. The molecule has 0 aromatic heterocycles. The Balaban J connectivity index is 2.09. The summed E-state index contributed by atoms with van der Waals surface area (Å²) in [6.45, 7) is 7.53. The van der Waals surface area contributed by atoms with E-state index in [1.165, 1.54) is 4.90 Å². The van der Waals surface area contributed by atoms with Crippen LogP contribution in [0, 0.1) is 0 Å². The van der Waals surface area contributed by atoms with Gasteiger partial charge in [-0.1, -0.05) is 12.1 Å². The smallest absolute Gasteiger partial charge is 0.244 e. The number of carbonyl (C=O) groups excluding carboxylic acids is 3. The first-order valence-electron chi connectivity index (χ1n) is 8.30. The molecule has 1 aliphatic rings. The van der Waals surface area contributed by atoms with Gasteiger partial charge >= 0.3 is 0 Å². The summed E-state index contributed by atoms with van der Waals surface area (Å²) in [5.74, 6) is -0.591. The van der Waals surface area contributed by atoms with Crippen molar-refractivity contribution in [2.75, 3.05) is 30.4 Å². The van der Waals surface area contributed by atoms with E-state index >= 15 is 0 Å². The number of likely N-dealkylation sites (N-methyl/N-ethyl adjacent to an activating group) is 1. The highest BCUT2D eigenvalue weighted by molar-refractivity contribution is 6.11. The Morgan fingerprint density at radius 2 is 1.96 bits per heavy atom. The Labute approximate surface area is 148 Å². The van der Waals surface area contributed by atoms with Crippen molar-refractivity contribution in [1.29, 1.82) is 0 Å². The normalized spacial score (nSPS) is 15.4. The fraction of sp³-hybridized carbons (Fsp3) is 0.500. The molecule has 3 amide bonds. The molecular formula is C18H26N4O3. The molecule has 0 saturated carbocycles. The number of para-hydroxylation sites is 2. The summed E-state index contributed by atoms with van der Waals surface area (Å²) in [4.78, 5) is 40.0. The van der Waals surface area contributed by atoms with Crippen LogP contribution in [0.5, 0.6) is 0 Å². The maximum Gasteiger partial charge on any atom is 0.244 e. The molecule has 1 atom stereocenters. The highest BCUT2D eigenvalue weighted by Gasteiger charge is 2.31. The van der Waals surface area contributed by atoms with Crippen LogP contribution in [0.1, 0.15) is 27.7 Å². The predicted molar refractivity (Wildman–Crippen MR) is 97.4 cm³/mol. The lowest BCUT2D eigenvalue weighted by Crippen LogP contribution is -2.53. The van der Waals surface area contributed by atoms with Crippen LogP contribution in [0.15, 0.2) is 24.3 Å². The second-order valence-corrected chi connectivity index (χ2v) is 7.38. The van der Waals surface area contributed by atoms with Gasteiger partial charge in [-0.05, 0) is 46.9 Å². The first-order chi connectivity index (χ1) is 11.6. The van der Waals surface area contributed by atoms with Crippen LogP contribution >= 0.6 is 0 Å². The van der Waals surface area contributed by atoms with Crippen molar-refractivity contribution in [1.82, 2.24) is 10.2 Å². The molecule has 0 bridgehead atoms. The van der Waals surface area contributed by atoms with Crippen LogP contribution in [0.4, 0.5) is 11.4 Å². The molecule has 0 fully saturated rings. The number of nitrogens with one attached hydrogen (secondary N) is 2. The number of carbonyl (C=O) groups is 3. The molecule has 2 rings (SSSR count). The molecule has 0 saturated heterocycles. The van der Waals surface area contributed by atoms with E-state index in [1.807, 2.05) is 26.8 Å². The number of amides is 3. The molecule has 1 heterocycles. The summed E-state index contributed by atoms with van der Waals surface area (Å²) < 4.78 is 0. The molecule has 0 radical (unpaired) electrons. The number of benzene rings is 1. The summed E-state index contributed by atoms with van der Waals surface area (Å²) in [7, 11) is 1.72. The number of anilines is 2. The Morgan fingerprint density at radius 3 is 2.60 bits per heavy atom. The standard InChI is InChI=1S/C18H26N4O3/c1-12(21(5)10-16(24)20-18(2,3)4)17(25)22-11-15(23)19-13-8-6-7-9-14(13)22/h6-9,12H,10-11H2,1-5H3,(H,19,23)(H,20,24)/t12-/m0/s1. The average molecular weight is 346 g/mol. The summed E-state index contributed by atoms with van der Waals surface area (Å²) in [5.41, 5.74) is 0.966. The second-order valence-electron chi connectivity index (χ2n) is 7.38. The minimum absolute atomic E-state index is 0.0256. The Kier molecular flexibility index (Phi) is 5.47. The summed E-state index contributed by atoms with van der Waals surface area (Å²) in [5, 5.41) is 5.64. The van der Waals surface area contributed by atoms with Crippen molar-refractivity contribution in [3.8, 4) is 0 Å². The SMILES string of the molecule is C[C@@H](C(=O)N1CC(=O)Nc2ccccc21)N(C)CC(=O)NC(C)(C)C. The maximum atomic E-state index is 12.9. The van der Waals surface area contributed by atoms with Gasteiger partial charge in [0.05, 0.1) is 24.0 Å². The van der Waals surface area contributed by atoms with Crippen LogP contribution < -0.4 is 15.5 Å². The minimum Gasteiger partial charge on any atom is -0.350 e. The summed E-state index contributed by atoms with van der Waals surface area (Å²) in [6, 6.07) is 6.65. The van der Waals surface area contributed by atoms with Crippen molar-refractivity contribution in [2.45, 2.75) is 39.3 Å². The highest BCUT2D eigenvalue weighted by atomic mass is 16.2. The van der Waals surface area contributed by atoms with Crippen molar-refractivity contribution in [3.05, 3.63) is 24.3 Å². The molecule has 25 heavy (non-hydrogen) atoms. The van der Waals surface area contributed by atoms with Gasteiger partial charge in [-0.25, -0.2) is 0 Å². The monoisotopic (exact) mass is 346 g/mol. The third-order valence-corrected chi connectivity index (χ3v) is 3.96. The van der Waals surface area contributed by atoms with Crippen LogP contribution in [0.2, 0.25) is 0 Å². The van der Waals surface area contributed by atoms with Crippen LogP contribution in [-0.2, 0) is 14.4 Å². The van der Waals surface area contributed by atoms with Gasteiger partial charge < -0.3 is 10.6 Å². The number of fused-ring (bicyclic) bond motifs is 1. The van der Waals surface area contributed by atoms with Crippen molar-refractivity contribution >= 4 is 29.1 Å². The fourth-order valence-electron chi connectivity index (χ4n) is 2.67. The predicted octanol–water partition coefficient (Wildman–Crippen LogP) is 1.21. The van der Waals surface area contributed by atoms with Gasteiger partial charge in [0.2, 0.25) is 17.7 Å². The molecule has 7 nitrogen and oxygen atoms in total. The van der Waals surface area contributed by atoms with Gasteiger partial charge in [0.15, 0.2) is 0 Å². The zero-order valence-corrected chi connectivity index (χ0v) is 15.4. The van der Waals surface area contributed by atoms with Gasteiger partial charge in [0.25, 0.3) is 0 Å². The van der Waals surface area contributed by atoms with Crippen LogP contribution in [0.25, 0.3) is 0 Å². The zero-order valence-electron chi connectivity index (χ0n) is 15.4. The van der Waals surface area contributed by atoms with Crippen molar-refractivity contribution in [3.63, 3.8) is 0 Å². The lowest BCUT2D eigenvalue weighted by Gasteiger charge is -2.33. The molecule has 0 spiro atoms. The summed E-state index contributed by atoms with van der Waals surface area (Å²) in [6.07, 6.45) is 0. The minimum atomic E-state index is -0.537. The molecule has 1 aromatic rings. The van der Waals surface area contributed by atoms with E-state index in [0.29, 0.717) is 11.4 Å². The van der Waals surface area contributed by atoms with E-state index < -0.39 is 6.04 Å². The number of rotatable bonds is 4. The number of nitrogens with zero attached hydrogens (tertiary/aromatic N) is 2. The topological polar surface area (TPSA) is 81.8 Å². The average Bonchev–Trinajstić information content (AvgIpc) is 2.50. The van der Waals surface area contributed by atoms with Gasteiger partial charge in [0.1, 0.15) is 6.54 Å². The third kappa shape index (κ3) is 4.79. The molecule has 0 unspecified atom stereocenters. The summed E-state index contributed by atoms with van der Waals surface area (Å²) >= 11 is 0. The highest BCUT2D eigenvalue weighted by Crippen LogP contribution is 2.29. The van der Waals surface area contributed by atoms with Crippen LogP contribution in [0.3, 0.4) is 0 Å². The lowest BCUT2D eigenvalue weighted by molar-refractivity contribution is -0.128. The Bertz CT molecular complexity index is 681. The van der Waals surface area contributed by atoms with E-state index in [-0.39, 0.29) is 36.3 Å². The van der Waals surface area contributed by atoms with Gasteiger partial charge in [-0.15, -0.1) is 0 Å². The number of hydrogen-bond donors (Lipinski definition) is 2. The largest absolute Gasteiger partial charge is 0.350 e. The maximum absolute atomic E-state index is 12.9. The van der Waals surface area contributed by atoms with Gasteiger partial charge in [0, 0.05) is 5.54 Å². The van der Waals surface area contributed by atoms with E-state index in [2.05, 4.69) is 10.6 Å². The third-order valence-electron chi connectivity index (χ3n) is 3.96. The van der Waals surface area contributed by atoms with Crippen LogP contribution in [-0.4, -0.2) is 54.3 Å². The van der Waals surface area contributed by atoms with E-state index in [4.69, 9.17) is 0 Å².